The monoisotopic (exact) mass is 210 g/mol. The predicted octanol–water partition coefficient (Wildman–Crippen LogP) is 1.70. The van der Waals surface area contributed by atoms with Crippen LogP contribution in [0.4, 0.5) is 11.4 Å². The molecule has 0 saturated carbocycles. The summed E-state index contributed by atoms with van der Waals surface area (Å²) < 4.78 is 0. The van der Waals surface area contributed by atoms with Gasteiger partial charge in [0, 0.05) is 19.2 Å². The van der Waals surface area contributed by atoms with Crippen LogP contribution in [0.25, 0.3) is 0 Å². The molecule has 2 N–H and O–H groups in total. The van der Waals surface area contributed by atoms with Crippen LogP contribution in [0.1, 0.15) is 12.0 Å². The number of nitrogens with zero attached hydrogens (tertiary/aromatic N) is 1. The van der Waals surface area contributed by atoms with Gasteiger partial charge in [0.2, 0.25) is 0 Å². The SMILES string of the molecule is Cc1cccc([N+](=O)[O-])c1NCCCO. The van der Waals surface area contributed by atoms with E-state index < -0.39 is 4.92 Å². The molecule has 0 spiro atoms. The largest absolute Gasteiger partial charge is 0.396 e. The molecule has 0 saturated heterocycles. The van der Waals surface area contributed by atoms with E-state index in [0.29, 0.717) is 18.7 Å². The number of nitrogens with one attached hydrogen (secondary N) is 1. The molecule has 1 aromatic carbocycles. The number of aliphatic hydroxyl groups is 1. The molecule has 0 aromatic heterocycles. The van der Waals surface area contributed by atoms with Gasteiger partial charge in [-0.05, 0) is 18.9 Å². The summed E-state index contributed by atoms with van der Waals surface area (Å²) in [6.45, 7) is 2.42. The molecule has 15 heavy (non-hydrogen) atoms. The highest BCUT2D eigenvalue weighted by Gasteiger charge is 2.14. The molecule has 0 bridgehead atoms. The Hall–Kier alpha value is -1.62. The molecule has 5 heteroatoms. The van der Waals surface area contributed by atoms with Gasteiger partial charge in [-0.3, -0.25) is 10.1 Å². The summed E-state index contributed by atoms with van der Waals surface area (Å²) in [7, 11) is 0. The van der Waals surface area contributed by atoms with Crippen LogP contribution < -0.4 is 5.32 Å². The van der Waals surface area contributed by atoms with Crippen LogP contribution in [-0.2, 0) is 0 Å². The van der Waals surface area contributed by atoms with Crippen LogP contribution in [0, 0.1) is 17.0 Å². The van der Waals surface area contributed by atoms with E-state index in [-0.39, 0.29) is 12.3 Å². The van der Waals surface area contributed by atoms with Crippen molar-refractivity contribution in [1.82, 2.24) is 0 Å². The summed E-state index contributed by atoms with van der Waals surface area (Å²) in [6.07, 6.45) is 0.575. The van der Waals surface area contributed by atoms with Gasteiger partial charge in [0.05, 0.1) is 4.92 Å². The predicted molar refractivity (Wildman–Crippen MR) is 58.0 cm³/mol. The van der Waals surface area contributed by atoms with Gasteiger partial charge >= 0.3 is 0 Å². The smallest absolute Gasteiger partial charge is 0.292 e. The molecular weight excluding hydrogens is 196 g/mol. The Labute approximate surface area is 87.9 Å². The standard InChI is InChI=1S/C10H14N2O3/c1-8-4-2-5-9(12(14)15)10(8)11-6-3-7-13/h2,4-5,11,13H,3,6-7H2,1H3. The maximum atomic E-state index is 10.7. The van der Waals surface area contributed by atoms with Crippen molar-refractivity contribution in [2.24, 2.45) is 0 Å². The molecule has 0 aliphatic rings. The Kier molecular flexibility index (Phi) is 4.05. The molecule has 1 rings (SSSR count). The van der Waals surface area contributed by atoms with Gasteiger partial charge in [0.15, 0.2) is 0 Å². The second kappa shape index (κ2) is 5.31. The summed E-state index contributed by atoms with van der Waals surface area (Å²) in [6, 6.07) is 4.94. The van der Waals surface area contributed by atoms with Gasteiger partial charge in [0.25, 0.3) is 5.69 Å². The van der Waals surface area contributed by atoms with Crippen molar-refractivity contribution in [3.05, 3.63) is 33.9 Å². The molecule has 0 aliphatic heterocycles. The molecule has 0 amide bonds. The minimum atomic E-state index is -0.408. The van der Waals surface area contributed by atoms with Crippen molar-refractivity contribution < 1.29 is 10.0 Å². The lowest BCUT2D eigenvalue weighted by molar-refractivity contribution is -0.384. The number of nitro groups is 1. The van der Waals surface area contributed by atoms with E-state index in [1.165, 1.54) is 6.07 Å². The van der Waals surface area contributed by atoms with Crippen molar-refractivity contribution in [2.45, 2.75) is 13.3 Å². The number of hydrogen-bond donors (Lipinski definition) is 2. The third-order valence-electron chi connectivity index (χ3n) is 2.08. The normalized spacial score (nSPS) is 10.0. The molecule has 0 unspecified atom stereocenters. The van der Waals surface area contributed by atoms with Crippen molar-refractivity contribution in [2.75, 3.05) is 18.5 Å². The van der Waals surface area contributed by atoms with Crippen molar-refractivity contribution in [3.8, 4) is 0 Å². The van der Waals surface area contributed by atoms with Gasteiger partial charge in [-0.2, -0.15) is 0 Å². The van der Waals surface area contributed by atoms with Gasteiger partial charge in [-0.15, -0.1) is 0 Å². The van der Waals surface area contributed by atoms with Crippen molar-refractivity contribution >= 4 is 11.4 Å². The minimum absolute atomic E-state index is 0.0761. The van der Waals surface area contributed by atoms with E-state index in [9.17, 15) is 10.1 Å². The Bertz CT molecular complexity index is 353. The van der Waals surface area contributed by atoms with Crippen LogP contribution in [-0.4, -0.2) is 23.2 Å². The lowest BCUT2D eigenvalue weighted by atomic mass is 10.1. The first-order valence-electron chi connectivity index (χ1n) is 4.75. The zero-order valence-electron chi connectivity index (χ0n) is 8.56. The van der Waals surface area contributed by atoms with Crippen LogP contribution in [0.15, 0.2) is 18.2 Å². The maximum Gasteiger partial charge on any atom is 0.292 e. The summed E-state index contributed by atoms with van der Waals surface area (Å²) in [4.78, 5) is 10.3. The fourth-order valence-electron chi connectivity index (χ4n) is 1.33. The number of benzene rings is 1. The molecule has 0 atom stereocenters. The average Bonchev–Trinajstić information content (AvgIpc) is 2.20. The average molecular weight is 210 g/mol. The number of rotatable bonds is 5. The third-order valence-corrected chi connectivity index (χ3v) is 2.08. The fourth-order valence-corrected chi connectivity index (χ4v) is 1.33. The number of aliphatic hydroxyl groups excluding tert-OH is 1. The molecule has 0 radical (unpaired) electrons. The van der Waals surface area contributed by atoms with E-state index >= 15 is 0 Å². The minimum Gasteiger partial charge on any atom is -0.396 e. The highest BCUT2D eigenvalue weighted by molar-refractivity contribution is 5.65. The molecule has 5 nitrogen and oxygen atoms in total. The van der Waals surface area contributed by atoms with Crippen LogP contribution >= 0.6 is 0 Å². The van der Waals surface area contributed by atoms with Gasteiger partial charge in [0.1, 0.15) is 5.69 Å². The highest BCUT2D eigenvalue weighted by Crippen LogP contribution is 2.27. The summed E-state index contributed by atoms with van der Waals surface area (Å²) in [5, 5.41) is 22.3. The lowest BCUT2D eigenvalue weighted by Gasteiger charge is -2.08. The number of aryl methyl sites for hydroxylation is 1. The zero-order chi connectivity index (χ0) is 11.3. The van der Waals surface area contributed by atoms with Crippen molar-refractivity contribution in [3.63, 3.8) is 0 Å². The topological polar surface area (TPSA) is 75.4 Å². The second-order valence-corrected chi connectivity index (χ2v) is 3.23. The first-order valence-corrected chi connectivity index (χ1v) is 4.75. The van der Waals surface area contributed by atoms with Crippen molar-refractivity contribution in [1.29, 1.82) is 0 Å². The first kappa shape index (κ1) is 11.5. The number of para-hydroxylation sites is 1. The van der Waals surface area contributed by atoms with E-state index in [0.717, 1.165) is 5.56 Å². The molecule has 0 aliphatic carbocycles. The Morgan fingerprint density at radius 3 is 2.87 bits per heavy atom. The zero-order valence-corrected chi connectivity index (χ0v) is 8.56. The summed E-state index contributed by atoms with van der Waals surface area (Å²) in [5.74, 6) is 0. The molecule has 0 fully saturated rings. The number of nitro benzene ring substituents is 1. The van der Waals surface area contributed by atoms with Gasteiger partial charge in [-0.25, -0.2) is 0 Å². The summed E-state index contributed by atoms with van der Waals surface area (Å²) in [5.41, 5.74) is 1.45. The van der Waals surface area contributed by atoms with Gasteiger partial charge in [-0.1, -0.05) is 12.1 Å². The van der Waals surface area contributed by atoms with Crippen LogP contribution in [0.3, 0.4) is 0 Å². The van der Waals surface area contributed by atoms with Crippen LogP contribution in [0.5, 0.6) is 0 Å². The highest BCUT2D eigenvalue weighted by atomic mass is 16.6. The van der Waals surface area contributed by atoms with E-state index in [4.69, 9.17) is 5.11 Å². The molecular formula is C10H14N2O3. The number of hydrogen-bond acceptors (Lipinski definition) is 4. The molecule has 0 heterocycles. The fraction of sp³-hybridized carbons (Fsp3) is 0.400. The lowest BCUT2D eigenvalue weighted by Crippen LogP contribution is -2.07. The quantitative estimate of drug-likeness (QED) is 0.440. The van der Waals surface area contributed by atoms with Crippen LogP contribution in [0.2, 0.25) is 0 Å². The summed E-state index contributed by atoms with van der Waals surface area (Å²) >= 11 is 0. The first-order chi connectivity index (χ1) is 7.16. The Morgan fingerprint density at radius 2 is 2.27 bits per heavy atom. The Morgan fingerprint density at radius 1 is 1.53 bits per heavy atom. The molecule has 1 aromatic rings. The second-order valence-electron chi connectivity index (χ2n) is 3.23. The van der Waals surface area contributed by atoms with E-state index in [2.05, 4.69) is 5.32 Å². The third kappa shape index (κ3) is 2.92. The van der Waals surface area contributed by atoms with E-state index in [1.807, 2.05) is 13.0 Å². The number of anilines is 1. The Balaban J connectivity index is 2.87. The molecule has 82 valence electrons. The maximum absolute atomic E-state index is 10.7. The van der Waals surface area contributed by atoms with Gasteiger partial charge < -0.3 is 10.4 Å². The van der Waals surface area contributed by atoms with E-state index in [1.54, 1.807) is 6.07 Å².